The van der Waals surface area contributed by atoms with Crippen LogP contribution in [0.25, 0.3) is 0 Å². The molecule has 0 heterocycles. The third-order valence-corrected chi connectivity index (χ3v) is 0. The minimum atomic E-state index is -2.00. The van der Waals surface area contributed by atoms with Crippen molar-refractivity contribution >= 4 is 0 Å². The molecule has 9 heavy (non-hydrogen) atoms. The molecule has 0 aromatic rings. The predicted molar refractivity (Wildman–Crippen MR) is 7.72 cm³/mol. The van der Waals surface area contributed by atoms with Gasteiger partial charge < -0.3 is 0 Å². The van der Waals surface area contributed by atoms with Gasteiger partial charge in [-0.1, -0.05) is 5.04 Å². The molecule has 0 aliphatic carbocycles. The Morgan fingerprint density at radius 3 is 1.00 bits per heavy atom. The van der Waals surface area contributed by atoms with Crippen LogP contribution in [0, 0.1) is 0 Å². The van der Waals surface area contributed by atoms with Crippen LogP contribution in [0.2, 0.25) is 0 Å². The van der Waals surface area contributed by atoms with Gasteiger partial charge in [-0.2, -0.15) is 0 Å². The molecule has 0 aliphatic rings. The normalized spacial score (nSPS) is 2.89. The van der Waals surface area contributed by atoms with Gasteiger partial charge in [0.05, 0.1) is 0 Å². The second-order valence-electron chi connectivity index (χ2n) is 0.165. The number of hydrogen-bond acceptors (Lipinski definition) is 5. The molecule has 5 nitrogen and oxygen atoms in total. The van der Waals surface area contributed by atoms with E-state index in [1.807, 2.05) is 0 Å². The van der Waals surface area contributed by atoms with Crippen LogP contribution in [0.5, 0.6) is 0 Å². The maximum Gasteiger partial charge on any atom is 0 e. The molecule has 0 rings (SSSR count). The summed E-state index contributed by atoms with van der Waals surface area (Å²) in [6, 6.07) is 0. The van der Waals surface area contributed by atoms with Crippen molar-refractivity contribution in [3.63, 3.8) is 0 Å². The summed E-state index contributed by atoms with van der Waals surface area (Å²) in [4.78, 5) is 0. The third kappa shape index (κ3) is 132. The summed E-state index contributed by atoms with van der Waals surface area (Å²) in [5.41, 5.74) is 0. The second-order valence-corrected chi connectivity index (χ2v) is 0.425. The average molecular weight is 273 g/mol. The van der Waals surface area contributed by atoms with E-state index in [2.05, 4.69) is 5.04 Å². The Hall–Kier alpha value is 2.34. The number of rotatable bonds is 0. The molecular weight excluding hydrogens is 271 g/mol. The van der Waals surface area contributed by atoms with E-state index in [9.17, 15) is 0 Å². The molecule has 0 aliphatic heterocycles. The van der Waals surface area contributed by atoms with Crippen LogP contribution in [0.1, 0.15) is 0 Å². The van der Waals surface area contributed by atoms with Crippen molar-refractivity contribution in [2.45, 2.75) is 0 Å². The fraction of sp³-hybridized carbons (Fsp3) is 0. The van der Waals surface area contributed by atoms with E-state index in [0.29, 0.717) is 0 Å². The summed E-state index contributed by atoms with van der Waals surface area (Å²) in [7, 11) is 0. The van der Waals surface area contributed by atoms with Gasteiger partial charge >= 0.3 is 25.7 Å². The van der Waals surface area contributed by atoms with Crippen molar-refractivity contribution < 1.29 is 106 Å². The van der Waals surface area contributed by atoms with Crippen LogP contribution in [0.3, 0.4) is 0 Å². The van der Waals surface area contributed by atoms with Gasteiger partial charge in [-0.3, -0.25) is 0 Å². The zero-order valence-electron chi connectivity index (χ0n) is 4.12. The molecule has 0 aromatic carbocycles. The van der Waals surface area contributed by atoms with E-state index >= 15 is 0 Å². The Labute approximate surface area is 105 Å². The molecule has 0 saturated carbocycles. The smallest absolute Gasteiger partial charge is 0 e. The van der Waals surface area contributed by atoms with Gasteiger partial charge in [0, 0.05) is 65.2 Å². The summed E-state index contributed by atoms with van der Waals surface area (Å²) in [6.45, 7) is 0. The molecule has 0 fully saturated rings. The predicted octanol–water partition coefficient (Wildman–Crippen LogP) is -0.299. The van der Waals surface area contributed by atoms with Gasteiger partial charge in [-0.05, 0) is 0 Å². The zero-order valence-corrected chi connectivity index (χ0v) is 10.4. The van der Waals surface area contributed by atoms with Gasteiger partial charge in [0.25, 0.3) is 0 Å². The first-order valence-corrected chi connectivity index (χ1v) is 2.05. The fourth-order valence-electron chi connectivity index (χ4n) is 0. The van der Waals surface area contributed by atoms with Crippen LogP contribution < -0.4 is 0 Å². The molecule has 0 unspecified atom stereocenters. The summed E-state index contributed by atoms with van der Waals surface area (Å²) in [6.07, 6.45) is 0. The standard InChI is InChI=1S/H2O3.2O.4Ti/c1-3-2;;;;;;/h1-2H;;;;;;. The molecule has 0 bridgehead atoms. The van der Waals surface area contributed by atoms with E-state index in [4.69, 9.17) is 17.2 Å². The average Bonchev–Trinajstić information content (AvgIpc) is 1.39. The van der Waals surface area contributed by atoms with E-state index in [0.717, 1.165) is 0 Å². The van der Waals surface area contributed by atoms with Gasteiger partial charge in [0.2, 0.25) is 0 Å². The Morgan fingerprint density at radius 1 is 1.00 bits per heavy atom. The van der Waals surface area contributed by atoms with Crippen molar-refractivity contribution in [1.29, 1.82) is 0 Å². The Balaban J connectivity index is -0.00000000889. The van der Waals surface area contributed by atoms with Crippen LogP contribution in [0.4, 0.5) is 0 Å². The Bertz CT molecular complexity index is 38.2. The van der Waals surface area contributed by atoms with Crippen LogP contribution in [-0.2, 0) is 95.9 Å². The Morgan fingerprint density at radius 2 is 1.00 bits per heavy atom. The summed E-state index contributed by atoms with van der Waals surface area (Å²) >= 11 is -2.00. The van der Waals surface area contributed by atoms with Crippen molar-refractivity contribution in [2.24, 2.45) is 0 Å². The summed E-state index contributed by atoms with van der Waals surface area (Å²) in [5.74, 6) is 0. The SMILES string of the molecule is OOO.[O]=[Ti]=[O].[Ti].[Ti].[Ti]. The second kappa shape index (κ2) is 47.9. The molecule has 0 spiro atoms. The monoisotopic (exact) mass is 274 g/mol. The quantitative estimate of drug-likeness (QED) is 0.360. The van der Waals surface area contributed by atoms with E-state index in [-0.39, 0.29) is 65.2 Å². The molecule has 2 N–H and O–H groups in total. The van der Waals surface area contributed by atoms with E-state index < -0.39 is 19.1 Å². The molecule has 9 heteroatoms. The molecule has 0 amide bonds. The topological polar surface area (TPSA) is 83.8 Å². The van der Waals surface area contributed by atoms with Gasteiger partial charge in [0.15, 0.2) is 0 Å². The van der Waals surface area contributed by atoms with Gasteiger partial charge in [-0.15, -0.1) is 0 Å². The van der Waals surface area contributed by atoms with Crippen LogP contribution >= 0.6 is 0 Å². The first-order chi connectivity index (χ1) is 2.83. The largest absolute Gasteiger partial charge is 0 e. The van der Waals surface area contributed by atoms with E-state index in [1.165, 1.54) is 0 Å². The van der Waals surface area contributed by atoms with Gasteiger partial charge in [0.1, 0.15) is 0 Å². The van der Waals surface area contributed by atoms with Crippen molar-refractivity contribution in [3.05, 3.63) is 0 Å². The fourth-order valence-corrected chi connectivity index (χ4v) is 0. The minimum absolute atomic E-state index is 0. The van der Waals surface area contributed by atoms with Crippen LogP contribution in [-0.4, -0.2) is 10.5 Å². The molecule has 0 atom stereocenters. The molecular formula is H2O5Ti4. The molecule has 0 aromatic heterocycles. The van der Waals surface area contributed by atoms with Crippen molar-refractivity contribution in [3.8, 4) is 0 Å². The molecule has 0 saturated heterocycles. The van der Waals surface area contributed by atoms with Gasteiger partial charge in [-0.25, -0.2) is 10.5 Å². The maximum absolute atomic E-state index is 8.50. The Kier molecular flexibility index (Phi) is 161. The maximum atomic E-state index is 8.50. The van der Waals surface area contributed by atoms with Crippen molar-refractivity contribution in [1.82, 2.24) is 0 Å². The zero-order chi connectivity index (χ0) is 5.41. The molecule has 48 valence electrons. The first kappa shape index (κ1) is 30.2. The minimum Gasteiger partial charge on any atom is 0 e. The molecule has 0 radical (unpaired) electrons. The first-order valence-electron chi connectivity index (χ1n) is 0.773. The third-order valence-electron chi connectivity index (χ3n) is 0. The number of hydrogen-bond donors (Lipinski definition) is 2. The van der Waals surface area contributed by atoms with Crippen molar-refractivity contribution in [2.75, 3.05) is 0 Å². The van der Waals surface area contributed by atoms with Crippen LogP contribution in [0.15, 0.2) is 0 Å². The summed E-state index contributed by atoms with van der Waals surface area (Å²) < 4.78 is 17.0. The summed E-state index contributed by atoms with van der Waals surface area (Å²) in [5, 5.41) is 15.5. The van der Waals surface area contributed by atoms with E-state index in [1.54, 1.807) is 0 Å².